The Kier molecular flexibility index (Phi) is 6.80. The van der Waals surface area contributed by atoms with E-state index in [4.69, 9.17) is 4.42 Å². The van der Waals surface area contributed by atoms with Gasteiger partial charge in [0.15, 0.2) is 0 Å². The van der Waals surface area contributed by atoms with Crippen LogP contribution in [0.3, 0.4) is 0 Å². The number of hydrogen-bond acceptors (Lipinski definition) is 3. The van der Waals surface area contributed by atoms with Gasteiger partial charge in [0.1, 0.15) is 11.2 Å². The molecule has 8 aromatic carbocycles. The van der Waals surface area contributed by atoms with Crippen molar-refractivity contribution >= 4 is 70.5 Å². The third-order valence-electron chi connectivity index (χ3n) is 11.5. The van der Waals surface area contributed by atoms with E-state index in [1.807, 2.05) is 17.4 Å². The molecule has 1 aliphatic carbocycles. The minimum absolute atomic E-state index is 0.100. The average molecular weight is 710 g/mol. The van der Waals surface area contributed by atoms with E-state index in [2.05, 4.69) is 189 Å². The Hall–Kier alpha value is -6.42. The zero-order valence-corrected chi connectivity index (χ0v) is 30.8. The summed E-state index contributed by atoms with van der Waals surface area (Å²) in [4.78, 5) is 2.51. The summed E-state index contributed by atoms with van der Waals surface area (Å²) < 4.78 is 9.22. The van der Waals surface area contributed by atoms with E-state index in [1.54, 1.807) is 0 Å². The Labute approximate surface area is 318 Å². The molecule has 0 aliphatic heterocycles. The normalized spacial score (nSPS) is 13.1. The van der Waals surface area contributed by atoms with Crippen LogP contribution >= 0.6 is 11.3 Å². The highest BCUT2D eigenvalue weighted by Crippen LogP contribution is 2.55. The molecular weight excluding hydrogens is 675 g/mol. The molecule has 256 valence electrons. The van der Waals surface area contributed by atoms with E-state index < -0.39 is 0 Å². The smallest absolute Gasteiger partial charge is 0.143 e. The molecule has 0 fully saturated rings. The van der Waals surface area contributed by atoms with E-state index >= 15 is 0 Å². The third kappa shape index (κ3) is 4.46. The number of nitrogens with zero attached hydrogens (tertiary/aromatic N) is 1. The first kappa shape index (κ1) is 31.1. The van der Waals surface area contributed by atoms with Crippen molar-refractivity contribution in [2.45, 2.75) is 19.3 Å². The highest BCUT2D eigenvalue weighted by Gasteiger charge is 2.37. The molecule has 0 saturated heterocycles. The molecule has 0 radical (unpaired) electrons. The predicted molar refractivity (Wildman–Crippen MR) is 230 cm³/mol. The van der Waals surface area contributed by atoms with Gasteiger partial charge in [-0.15, -0.1) is 11.3 Å². The van der Waals surface area contributed by atoms with Gasteiger partial charge < -0.3 is 9.32 Å². The first-order chi connectivity index (χ1) is 26.6. The summed E-state index contributed by atoms with van der Waals surface area (Å²) in [5.74, 6) is 0. The SMILES string of the molecule is CC1(C)c2ccccc2-c2c(-c3ccccc3N(c3ccccc3-c3cccc4c3oc3ccccc34)c3cccc4c3sc3ccccc34)cccc21. The van der Waals surface area contributed by atoms with Gasteiger partial charge in [-0.05, 0) is 58.1 Å². The summed E-state index contributed by atoms with van der Waals surface area (Å²) in [6, 6.07) is 64.1. The van der Waals surface area contributed by atoms with Crippen LogP contribution in [0.2, 0.25) is 0 Å². The highest BCUT2D eigenvalue weighted by atomic mass is 32.1. The Bertz CT molecular complexity index is 3110. The summed E-state index contributed by atoms with van der Waals surface area (Å²) in [6.07, 6.45) is 0. The maximum absolute atomic E-state index is 6.67. The Balaban J connectivity index is 1.23. The number of para-hydroxylation sites is 4. The van der Waals surface area contributed by atoms with Crippen molar-refractivity contribution in [1.29, 1.82) is 0 Å². The van der Waals surface area contributed by atoms with Gasteiger partial charge in [-0.1, -0.05) is 159 Å². The van der Waals surface area contributed by atoms with Gasteiger partial charge in [0, 0.05) is 48.4 Å². The van der Waals surface area contributed by atoms with Crippen LogP contribution < -0.4 is 4.90 Å². The minimum atomic E-state index is -0.100. The minimum Gasteiger partial charge on any atom is -0.455 e. The molecule has 11 rings (SSSR count). The van der Waals surface area contributed by atoms with Crippen LogP contribution in [0.5, 0.6) is 0 Å². The monoisotopic (exact) mass is 709 g/mol. The van der Waals surface area contributed by atoms with Crippen LogP contribution in [0.25, 0.3) is 75.5 Å². The van der Waals surface area contributed by atoms with E-state index in [9.17, 15) is 0 Å². The molecule has 0 unspecified atom stereocenters. The van der Waals surface area contributed by atoms with Crippen molar-refractivity contribution in [1.82, 2.24) is 0 Å². The van der Waals surface area contributed by atoms with Gasteiger partial charge in [-0.2, -0.15) is 0 Å². The number of thiophene rings is 1. The second kappa shape index (κ2) is 11.8. The summed E-state index contributed by atoms with van der Waals surface area (Å²) in [6.45, 7) is 4.72. The highest BCUT2D eigenvalue weighted by molar-refractivity contribution is 7.26. The fourth-order valence-corrected chi connectivity index (χ4v) is 10.2. The van der Waals surface area contributed by atoms with E-state index in [0.717, 1.165) is 50.1 Å². The number of benzene rings is 8. The van der Waals surface area contributed by atoms with Crippen LogP contribution in [0.1, 0.15) is 25.0 Å². The molecular formula is C51H35NOS. The lowest BCUT2D eigenvalue weighted by molar-refractivity contribution is 0.660. The van der Waals surface area contributed by atoms with Crippen molar-refractivity contribution in [2.75, 3.05) is 4.90 Å². The average Bonchev–Trinajstić information content (AvgIpc) is 3.87. The van der Waals surface area contributed by atoms with Crippen molar-refractivity contribution < 1.29 is 4.42 Å². The first-order valence-electron chi connectivity index (χ1n) is 18.6. The van der Waals surface area contributed by atoms with E-state index in [1.165, 1.54) is 53.6 Å². The van der Waals surface area contributed by atoms with Crippen LogP contribution in [-0.4, -0.2) is 0 Å². The lowest BCUT2D eigenvalue weighted by atomic mass is 9.82. The molecule has 0 N–H and O–H groups in total. The van der Waals surface area contributed by atoms with Gasteiger partial charge in [-0.3, -0.25) is 0 Å². The van der Waals surface area contributed by atoms with Crippen molar-refractivity contribution in [3.63, 3.8) is 0 Å². The zero-order valence-electron chi connectivity index (χ0n) is 30.0. The van der Waals surface area contributed by atoms with Gasteiger partial charge in [0.2, 0.25) is 0 Å². The number of rotatable bonds is 5. The molecule has 3 heteroatoms. The van der Waals surface area contributed by atoms with Crippen LogP contribution in [0.15, 0.2) is 180 Å². The van der Waals surface area contributed by atoms with Crippen LogP contribution in [0.4, 0.5) is 17.1 Å². The molecule has 0 amide bonds. The van der Waals surface area contributed by atoms with E-state index in [-0.39, 0.29) is 5.41 Å². The quantitative estimate of drug-likeness (QED) is 0.177. The third-order valence-corrected chi connectivity index (χ3v) is 12.7. The molecule has 0 atom stereocenters. The second-order valence-electron chi connectivity index (χ2n) is 14.8. The maximum atomic E-state index is 6.67. The molecule has 0 saturated carbocycles. The van der Waals surface area contributed by atoms with Crippen LogP contribution in [-0.2, 0) is 5.41 Å². The largest absolute Gasteiger partial charge is 0.455 e. The predicted octanol–water partition coefficient (Wildman–Crippen LogP) is 15.1. The number of anilines is 3. The van der Waals surface area contributed by atoms with Crippen molar-refractivity contribution in [3.8, 4) is 33.4 Å². The first-order valence-corrected chi connectivity index (χ1v) is 19.4. The van der Waals surface area contributed by atoms with E-state index in [0.29, 0.717) is 0 Å². The number of furan rings is 1. The summed E-state index contributed by atoms with van der Waals surface area (Å²) in [7, 11) is 0. The molecule has 10 aromatic rings. The van der Waals surface area contributed by atoms with Crippen molar-refractivity contribution in [3.05, 3.63) is 187 Å². The van der Waals surface area contributed by atoms with Crippen molar-refractivity contribution in [2.24, 2.45) is 0 Å². The molecule has 1 aliphatic rings. The van der Waals surface area contributed by atoms with Gasteiger partial charge >= 0.3 is 0 Å². The maximum Gasteiger partial charge on any atom is 0.143 e. The Morgan fingerprint density at radius 3 is 1.80 bits per heavy atom. The number of hydrogen-bond donors (Lipinski definition) is 0. The number of fused-ring (bicyclic) bond motifs is 9. The molecule has 0 spiro atoms. The fourth-order valence-electron chi connectivity index (χ4n) is 9.03. The van der Waals surface area contributed by atoms with Crippen LogP contribution in [0, 0.1) is 0 Å². The molecule has 2 aromatic heterocycles. The summed E-state index contributed by atoms with van der Waals surface area (Å²) >= 11 is 1.87. The molecule has 2 heterocycles. The topological polar surface area (TPSA) is 16.4 Å². The Morgan fingerprint density at radius 1 is 0.426 bits per heavy atom. The Morgan fingerprint density at radius 2 is 0.963 bits per heavy atom. The van der Waals surface area contributed by atoms with Gasteiger partial charge in [-0.25, -0.2) is 0 Å². The summed E-state index contributed by atoms with van der Waals surface area (Å²) in [5.41, 5.74) is 15.1. The van der Waals surface area contributed by atoms with Gasteiger partial charge in [0.05, 0.1) is 21.8 Å². The molecule has 54 heavy (non-hydrogen) atoms. The molecule has 2 nitrogen and oxygen atoms in total. The molecule has 0 bridgehead atoms. The van der Waals surface area contributed by atoms with Gasteiger partial charge in [0.25, 0.3) is 0 Å². The lowest BCUT2D eigenvalue weighted by Crippen LogP contribution is -2.15. The lowest BCUT2D eigenvalue weighted by Gasteiger charge is -2.31. The fraction of sp³-hybridized carbons (Fsp3) is 0.0588. The zero-order chi connectivity index (χ0) is 36.0. The second-order valence-corrected chi connectivity index (χ2v) is 15.9. The standard InChI is InChI=1S/C51H35NOS/c1-51(2)41-25-8-3-20-40(41)48-36(21-14-26-42(48)51)32-16-4-9-27-43(32)52(45-29-15-24-39-35-19-7-12-31-47(35)54-50(39)45)44-28-10-5-17-33(44)37-22-13-23-38-34-18-6-11-30-46(34)53-49(37)38/h3-31H,1-2H3. The summed E-state index contributed by atoms with van der Waals surface area (Å²) in [5, 5.41) is 4.80.